The molecule has 1 aromatic rings. The van der Waals surface area contributed by atoms with Crippen molar-refractivity contribution in [3.05, 3.63) is 33.4 Å². The molecule has 0 bridgehead atoms. The summed E-state index contributed by atoms with van der Waals surface area (Å²) in [4.78, 5) is 18.0. The molecule has 32 heavy (non-hydrogen) atoms. The number of ether oxygens (including phenoxy) is 2. The lowest BCUT2D eigenvalue weighted by Gasteiger charge is -2.35. The minimum absolute atomic E-state index is 0.123. The minimum atomic E-state index is -0.484. The van der Waals surface area contributed by atoms with Crippen LogP contribution in [0.2, 0.25) is 0 Å². The number of hydrogen-bond acceptors (Lipinski definition) is 5. The van der Waals surface area contributed by atoms with Gasteiger partial charge in [0.2, 0.25) is 0 Å². The molecule has 5 nitrogen and oxygen atoms in total. The number of nitriles is 1. The summed E-state index contributed by atoms with van der Waals surface area (Å²) >= 11 is 7.07. The first-order valence-electron chi connectivity index (χ1n) is 11.3. The van der Waals surface area contributed by atoms with E-state index < -0.39 is 5.92 Å². The largest absolute Gasteiger partial charge is 0.490 e. The molecule has 0 spiro atoms. The monoisotopic (exact) mass is 564 g/mol. The summed E-state index contributed by atoms with van der Waals surface area (Å²) in [6.45, 7) is 7.02. The average Bonchev–Trinajstić information content (AvgIpc) is 2.75. The molecule has 1 aromatic carbocycles. The van der Waals surface area contributed by atoms with Gasteiger partial charge in [0, 0.05) is 34.7 Å². The number of rotatable bonds is 9. The van der Waals surface area contributed by atoms with E-state index >= 15 is 0 Å². The van der Waals surface area contributed by atoms with Gasteiger partial charge in [-0.05, 0) is 72.7 Å². The minimum Gasteiger partial charge on any atom is -0.490 e. The Morgan fingerprint density at radius 3 is 2.69 bits per heavy atom. The number of Topliss-reactive ketones (excluding diaryl/α,β-unsaturated/α-hetero) is 1. The SMILES string of the molecule is CCCC1CC(=O)C2=C(C1)N=C(C)C(C#N)C2c1cc(Br)c(OCCCBr)c(OCC)c1. The summed E-state index contributed by atoms with van der Waals surface area (Å²) in [5, 5.41) is 10.9. The van der Waals surface area contributed by atoms with Crippen LogP contribution in [0.3, 0.4) is 0 Å². The van der Waals surface area contributed by atoms with Crippen molar-refractivity contribution in [2.24, 2.45) is 16.8 Å². The first-order valence-corrected chi connectivity index (χ1v) is 13.2. The van der Waals surface area contributed by atoms with Crippen LogP contribution in [0.4, 0.5) is 0 Å². The lowest BCUT2D eigenvalue weighted by atomic mass is 9.70. The molecule has 2 aliphatic rings. The Morgan fingerprint density at radius 2 is 2.03 bits per heavy atom. The number of nitrogens with zero attached hydrogens (tertiary/aromatic N) is 2. The molecule has 1 heterocycles. The molecule has 0 amide bonds. The second kappa shape index (κ2) is 11.5. The Kier molecular flexibility index (Phi) is 8.95. The number of ketones is 1. The van der Waals surface area contributed by atoms with Crippen LogP contribution < -0.4 is 9.47 Å². The van der Waals surface area contributed by atoms with Gasteiger partial charge in [-0.2, -0.15) is 5.26 Å². The van der Waals surface area contributed by atoms with Gasteiger partial charge in [0.1, 0.15) is 0 Å². The molecule has 3 unspecified atom stereocenters. The zero-order chi connectivity index (χ0) is 23.3. The maximum absolute atomic E-state index is 13.3. The fourth-order valence-corrected chi connectivity index (χ4v) is 5.48. The average molecular weight is 566 g/mol. The van der Waals surface area contributed by atoms with Gasteiger partial charge < -0.3 is 9.47 Å². The van der Waals surface area contributed by atoms with E-state index in [0.717, 1.165) is 52.5 Å². The summed E-state index contributed by atoms with van der Waals surface area (Å²) in [7, 11) is 0. The number of aliphatic imine (C=N–C) groups is 1. The van der Waals surface area contributed by atoms with Crippen LogP contribution in [0.25, 0.3) is 0 Å². The number of halogens is 2. The highest BCUT2D eigenvalue weighted by atomic mass is 79.9. The topological polar surface area (TPSA) is 71.7 Å². The summed E-state index contributed by atoms with van der Waals surface area (Å²) < 4.78 is 12.6. The number of carbonyl (C=O) groups is 1. The van der Waals surface area contributed by atoms with Crippen LogP contribution >= 0.6 is 31.9 Å². The maximum Gasteiger partial charge on any atom is 0.175 e. The lowest BCUT2D eigenvalue weighted by molar-refractivity contribution is -0.117. The van der Waals surface area contributed by atoms with E-state index in [0.29, 0.717) is 42.6 Å². The van der Waals surface area contributed by atoms with E-state index in [2.05, 4.69) is 44.9 Å². The number of carbonyl (C=O) groups excluding carboxylic acids is 1. The van der Waals surface area contributed by atoms with Crippen LogP contribution in [0.5, 0.6) is 11.5 Å². The van der Waals surface area contributed by atoms with E-state index in [1.807, 2.05) is 26.0 Å². The maximum atomic E-state index is 13.3. The lowest BCUT2D eigenvalue weighted by Crippen LogP contribution is -2.32. The van der Waals surface area contributed by atoms with Crippen molar-refractivity contribution in [2.75, 3.05) is 18.5 Å². The smallest absolute Gasteiger partial charge is 0.175 e. The van der Waals surface area contributed by atoms with Gasteiger partial charge in [-0.3, -0.25) is 9.79 Å². The van der Waals surface area contributed by atoms with Gasteiger partial charge in [-0.15, -0.1) is 0 Å². The van der Waals surface area contributed by atoms with Gasteiger partial charge in [-0.1, -0.05) is 29.3 Å². The van der Waals surface area contributed by atoms with E-state index in [-0.39, 0.29) is 11.7 Å². The van der Waals surface area contributed by atoms with Crippen molar-refractivity contribution < 1.29 is 14.3 Å². The van der Waals surface area contributed by atoms with Crippen LogP contribution in [0, 0.1) is 23.2 Å². The van der Waals surface area contributed by atoms with Crippen molar-refractivity contribution in [1.82, 2.24) is 0 Å². The number of benzene rings is 1. The first-order chi connectivity index (χ1) is 15.4. The zero-order valence-corrected chi connectivity index (χ0v) is 22.1. The molecule has 1 aliphatic carbocycles. The molecule has 172 valence electrons. The molecule has 0 saturated heterocycles. The van der Waals surface area contributed by atoms with Crippen molar-refractivity contribution in [2.45, 2.75) is 58.8 Å². The van der Waals surface area contributed by atoms with E-state index in [1.165, 1.54) is 0 Å². The van der Waals surface area contributed by atoms with Crippen LogP contribution in [0.15, 0.2) is 32.9 Å². The number of hydrogen-bond donors (Lipinski definition) is 0. The molecule has 0 N–H and O–H groups in total. The Bertz CT molecular complexity index is 965. The second-order valence-electron chi connectivity index (χ2n) is 8.34. The van der Waals surface area contributed by atoms with Crippen LogP contribution in [0.1, 0.15) is 64.4 Å². The van der Waals surface area contributed by atoms with Gasteiger partial charge in [0.25, 0.3) is 0 Å². The Hall–Kier alpha value is -1.65. The molecule has 1 aliphatic heterocycles. The third-order valence-corrected chi connectivity index (χ3v) is 7.17. The third-order valence-electron chi connectivity index (χ3n) is 6.02. The van der Waals surface area contributed by atoms with Gasteiger partial charge in [0.15, 0.2) is 17.3 Å². The summed E-state index contributed by atoms with van der Waals surface area (Å²) in [6.07, 6.45) is 4.27. The Labute approximate surface area is 207 Å². The molecule has 0 fully saturated rings. The summed E-state index contributed by atoms with van der Waals surface area (Å²) in [5.74, 6) is 0.892. The standard InChI is InChI=1S/C25H30Br2N2O3/c1-4-7-16-10-20-24(21(30)11-16)23(18(14-28)15(3)29-20)17-12-19(27)25(32-9-6-8-26)22(13-17)31-5-2/h12-13,16,18,23H,4-11H2,1-3H3. The third kappa shape index (κ3) is 5.28. The van der Waals surface area contributed by atoms with E-state index in [4.69, 9.17) is 14.5 Å². The highest BCUT2D eigenvalue weighted by Crippen LogP contribution is 2.48. The molecule has 7 heteroatoms. The molecule has 0 saturated carbocycles. The fraction of sp³-hybridized carbons (Fsp3) is 0.560. The molecule has 0 radical (unpaired) electrons. The van der Waals surface area contributed by atoms with Crippen molar-refractivity contribution in [1.29, 1.82) is 5.26 Å². The van der Waals surface area contributed by atoms with Gasteiger partial charge in [-0.25, -0.2) is 0 Å². The highest BCUT2D eigenvalue weighted by Gasteiger charge is 2.41. The van der Waals surface area contributed by atoms with Gasteiger partial charge >= 0.3 is 0 Å². The Morgan fingerprint density at radius 1 is 1.25 bits per heavy atom. The molecule has 3 atom stereocenters. The summed E-state index contributed by atoms with van der Waals surface area (Å²) in [5.41, 5.74) is 3.22. The van der Waals surface area contributed by atoms with E-state index in [9.17, 15) is 10.1 Å². The van der Waals surface area contributed by atoms with Crippen molar-refractivity contribution >= 4 is 43.4 Å². The number of allylic oxidation sites excluding steroid dienone is 2. The predicted octanol–water partition coefficient (Wildman–Crippen LogP) is 6.74. The highest BCUT2D eigenvalue weighted by molar-refractivity contribution is 9.10. The van der Waals surface area contributed by atoms with Crippen molar-refractivity contribution in [3.63, 3.8) is 0 Å². The van der Waals surface area contributed by atoms with Gasteiger partial charge in [0.05, 0.1) is 29.7 Å². The van der Waals surface area contributed by atoms with Crippen LogP contribution in [-0.4, -0.2) is 30.0 Å². The first kappa shape index (κ1) is 25.0. The normalized spacial score (nSPS) is 22.8. The molecular weight excluding hydrogens is 536 g/mol. The molecule has 0 aromatic heterocycles. The summed E-state index contributed by atoms with van der Waals surface area (Å²) in [6, 6.07) is 6.31. The van der Waals surface area contributed by atoms with Crippen molar-refractivity contribution in [3.8, 4) is 17.6 Å². The quantitative estimate of drug-likeness (QED) is 0.245. The predicted molar refractivity (Wildman–Crippen MR) is 134 cm³/mol. The molecule has 3 rings (SSSR count). The number of alkyl halides is 1. The van der Waals surface area contributed by atoms with E-state index in [1.54, 1.807) is 0 Å². The molecular formula is C25H30Br2N2O3. The Balaban J connectivity index is 2.08. The van der Waals surface area contributed by atoms with Crippen LogP contribution in [-0.2, 0) is 4.79 Å². The zero-order valence-electron chi connectivity index (χ0n) is 18.9. The fourth-order valence-electron chi connectivity index (χ4n) is 4.68. The second-order valence-corrected chi connectivity index (χ2v) is 9.99.